The normalized spacial score (nSPS) is 9.87. The molecular weight excluding hydrogens is 424 g/mol. The van der Waals surface area contributed by atoms with Gasteiger partial charge in [0.1, 0.15) is 5.00 Å². The van der Waals surface area contributed by atoms with Gasteiger partial charge >= 0.3 is 17.9 Å². The fourth-order valence-electron chi connectivity index (χ4n) is 2.32. The zero-order valence-electron chi connectivity index (χ0n) is 17.3. The predicted molar refractivity (Wildman–Crippen MR) is 117 cm³/mol. The molecule has 0 saturated carbocycles. The van der Waals surface area contributed by atoms with Crippen molar-refractivity contribution < 1.29 is 34.1 Å². The molecule has 10 heteroatoms. The van der Waals surface area contributed by atoms with E-state index in [-0.39, 0.29) is 12.5 Å². The summed E-state index contributed by atoms with van der Waals surface area (Å²) in [5, 5.41) is 21.3. The maximum atomic E-state index is 12.1. The van der Waals surface area contributed by atoms with Crippen LogP contribution in [0.2, 0.25) is 0 Å². The number of nitrogens with one attached hydrogen (secondary N) is 2. The van der Waals surface area contributed by atoms with Gasteiger partial charge in [-0.25, -0.2) is 14.4 Å². The van der Waals surface area contributed by atoms with E-state index in [0.717, 1.165) is 17.7 Å². The van der Waals surface area contributed by atoms with Crippen LogP contribution in [0.5, 0.6) is 0 Å². The third-order valence-corrected chi connectivity index (χ3v) is 4.98. The van der Waals surface area contributed by atoms with E-state index in [9.17, 15) is 9.59 Å². The highest BCUT2D eigenvalue weighted by molar-refractivity contribution is 7.16. The fourth-order valence-corrected chi connectivity index (χ4v) is 3.32. The molecule has 0 saturated heterocycles. The Labute approximate surface area is 184 Å². The maximum absolute atomic E-state index is 12.1. The van der Waals surface area contributed by atoms with E-state index in [0.29, 0.717) is 23.7 Å². The molecule has 31 heavy (non-hydrogen) atoms. The summed E-state index contributed by atoms with van der Waals surface area (Å²) in [6, 6.07) is 11.9. The minimum absolute atomic E-state index is 0.164. The summed E-state index contributed by atoms with van der Waals surface area (Å²) in [7, 11) is 0. The van der Waals surface area contributed by atoms with Crippen LogP contribution in [0.1, 0.15) is 34.6 Å². The number of carboxylic acids is 2. The molecule has 0 radical (unpaired) electrons. The number of carbonyl (C=O) groups is 4. The molecule has 0 aliphatic heterocycles. The molecule has 0 atom stereocenters. The van der Waals surface area contributed by atoms with Crippen molar-refractivity contribution in [1.82, 2.24) is 5.32 Å². The number of carbonyl (C=O) groups excluding carboxylic acids is 2. The zero-order chi connectivity index (χ0) is 23.2. The minimum atomic E-state index is -1.82. The first-order chi connectivity index (χ1) is 14.8. The van der Waals surface area contributed by atoms with Crippen LogP contribution in [0.25, 0.3) is 0 Å². The molecule has 0 spiro atoms. The lowest BCUT2D eigenvalue weighted by Gasteiger charge is -2.07. The lowest BCUT2D eigenvalue weighted by molar-refractivity contribution is -0.159. The van der Waals surface area contributed by atoms with Crippen LogP contribution in [0.15, 0.2) is 36.4 Å². The number of rotatable bonds is 9. The van der Waals surface area contributed by atoms with Gasteiger partial charge in [0, 0.05) is 4.88 Å². The smallest absolute Gasteiger partial charge is 0.414 e. The lowest BCUT2D eigenvalue weighted by Crippen LogP contribution is -2.29. The number of carboxylic acid groups (broad SMARTS) is 2. The second-order valence-corrected chi connectivity index (χ2v) is 7.24. The molecule has 0 bridgehead atoms. The topological polar surface area (TPSA) is 142 Å². The summed E-state index contributed by atoms with van der Waals surface area (Å²) in [5.41, 5.74) is 1.66. The number of aliphatic carboxylic acids is 2. The molecule has 9 nitrogen and oxygen atoms in total. The van der Waals surface area contributed by atoms with Crippen LogP contribution in [-0.2, 0) is 32.0 Å². The van der Waals surface area contributed by atoms with Gasteiger partial charge in [0.05, 0.1) is 18.7 Å². The Balaban J connectivity index is 0.000000703. The number of anilines is 1. The van der Waals surface area contributed by atoms with E-state index in [1.165, 1.54) is 16.9 Å². The zero-order valence-corrected chi connectivity index (χ0v) is 18.2. The van der Waals surface area contributed by atoms with Crippen LogP contribution in [0.3, 0.4) is 0 Å². The number of esters is 1. The Kier molecular flexibility index (Phi) is 11.6. The maximum Gasteiger partial charge on any atom is 0.414 e. The first-order valence-electron chi connectivity index (χ1n) is 9.58. The molecule has 168 valence electrons. The van der Waals surface area contributed by atoms with E-state index in [1.54, 1.807) is 13.0 Å². The molecule has 1 amide bonds. The van der Waals surface area contributed by atoms with Gasteiger partial charge in [-0.05, 0) is 37.9 Å². The summed E-state index contributed by atoms with van der Waals surface area (Å²) >= 11 is 1.42. The van der Waals surface area contributed by atoms with Gasteiger partial charge in [0.25, 0.3) is 0 Å². The highest BCUT2D eigenvalue weighted by atomic mass is 32.1. The van der Waals surface area contributed by atoms with Crippen molar-refractivity contribution >= 4 is 40.2 Å². The number of benzene rings is 1. The van der Waals surface area contributed by atoms with Crippen LogP contribution in [0.4, 0.5) is 5.00 Å². The molecular formula is C21H26N2O7S. The van der Waals surface area contributed by atoms with Crippen LogP contribution in [-0.4, -0.2) is 53.7 Å². The fraction of sp³-hybridized carbons (Fsp3) is 0.333. The summed E-state index contributed by atoms with van der Waals surface area (Å²) < 4.78 is 5.06. The quantitative estimate of drug-likeness (QED) is 0.259. The highest BCUT2D eigenvalue weighted by Crippen LogP contribution is 2.29. The number of thiophene rings is 1. The van der Waals surface area contributed by atoms with Gasteiger partial charge in [-0.1, -0.05) is 37.3 Å². The Morgan fingerprint density at radius 1 is 1.03 bits per heavy atom. The van der Waals surface area contributed by atoms with Crippen LogP contribution < -0.4 is 10.6 Å². The van der Waals surface area contributed by atoms with Crippen molar-refractivity contribution in [2.24, 2.45) is 0 Å². The standard InChI is InChI=1S/C19H24N2O3S.C2H2O4/c1-3-15-12-16(19(23)24-4-2)18(25-15)21-17(22)13-20-11-10-14-8-6-5-7-9-14;3-1(4)2(5)6/h5-9,12,20H,3-4,10-11,13H2,1-2H3,(H,21,22);(H,3,4)(H,5,6). The van der Waals surface area contributed by atoms with Crippen LogP contribution in [0, 0.1) is 0 Å². The number of amides is 1. The third kappa shape index (κ3) is 9.87. The Morgan fingerprint density at radius 3 is 2.23 bits per heavy atom. The summed E-state index contributed by atoms with van der Waals surface area (Å²) in [5.74, 6) is -4.21. The second-order valence-electron chi connectivity index (χ2n) is 6.10. The predicted octanol–water partition coefficient (Wildman–Crippen LogP) is 2.41. The monoisotopic (exact) mass is 450 g/mol. The van der Waals surface area contributed by atoms with Gasteiger partial charge in [0.2, 0.25) is 5.91 Å². The van der Waals surface area contributed by atoms with E-state index < -0.39 is 17.9 Å². The summed E-state index contributed by atoms with van der Waals surface area (Å²) in [4.78, 5) is 43.4. The molecule has 0 aliphatic carbocycles. The molecule has 1 heterocycles. The average Bonchev–Trinajstić information content (AvgIpc) is 3.15. The summed E-state index contributed by atoms with van der Waals surface area (Å²) in [6.45, 7) is 5.00. The molecule has 2 rings (SSSR count). The van der Waals surface area contributed by atoms with Gasteiger partial charge in [-0.2, -0.15) is 0 Å². The van der Waals surface area contributed by atoms with E-state index >= 15 is 0 Å². The number of aryl methyl sites for hydroxylation is 1. The van der Waals surface area contributed by atoms with E-state index in [2.05, 4.69) is 22.8 Å². The van der Waals surface area contributed by atoms with Crippen molar-refractivity contribution in [2.75, 3.05) is 25.0 Å². The molecule has 0 unspecified atom stereocenters. The number of hydrogen-bond acceptors (Lipinski definition) is 7. The number of hydrogen-bond donors (Lipinski definition) is 4. The molecule has 4 N–H and O–H groups in total. The summed E-state index contributed by atoms with van der Waals surface area (Å²) in [6.07, 6.45) is 1.67. The van der Waals surface area contributed by atoms with Gasteiger partial charge < -0.3 is 25.6 Å². The van der Waals surface area contributed by atoms with Crippen molar-refractivity contribution in [3.63, 3.8) is 0 Å². The highest BCUT2D eigenvalue weighted by Gasteiger charge is 2.18. The Morgan fingerprint density at radius 2 is 1.68 bits per heavy atom. The van der Waals surface area contributed by atoms with Crippen molar-refractivity contribution in [3.8, 4) is 0 Å². The van der Waals surface area contributed by atoms with Gasteiger partial charge in [-0.3, -0.25) is 4.79 Å². The first-order valence-corrected chi connectivity index (χ1v) is 10.4. The Bertz CT molecular complexity index is 869. The molecule has 0 fully saturated rings. The van der Waals surface area contributed by atoms with E-state index in [1.807, 2.05) is 25.1 Å². The minimum Gasteiger partial charge on any atom is -0.473 e. The van der Waals surface area contributed by atoms with Crippen LogP contribution >= 0.6 is 11.3 Å². The molecule has 1 aromatic carbocycles. The van der Waals surface area contributed by atoms with Gasteiger partial charge in [-0.15, -0.1) is 11.3 Å². The Hall–Kier alpha value is -3.24. The SMILES string of the molecule is CCOC(=O)c1cc(CC)sc1NC(=O)CNCCc1ccccc1.O=C(O)C(=O)O. The van der Waals surface area contributed by atoms with Crippen molar-refractivity contribution in [3.05, 3.63) is 52.4 Å². The second kappa shape index (κ2) is 13.9. The first kappa shape index (κ1) is 25.8. The van der Waals surface area contributed by atoms with E-state index in [4.69, 9.17) is 24.5 Å². The number of ether oxygens (including phenoxy) is 1. The largest absolute Gasteiger partial charge is 0.473 e. The van der Waals surface area contributed by atoms with Crippen molar-refractivity contribution in [1.29, 1.82) is 0 Å². The lowest BCUT2D eigenvalue weighted by atomic mass is 10.1. The molecule has 2 aromatic rings. The average molecular weight is 451 g/mol. The molecule has 0 aliphatic rings. The van der Waals surface area contributed by atoms with Gasteiger partial charge in [0.15, 0.2) is 0 Å². The molecule has 1 aromatic heterocycles. The third-order valence-electron chi connectivity index (χ3n) is 3.78. The van der Waals surface area contributed by atoms with Crippen molar-refractivity contribution in [2.45, 2.75) is 26.7 Å².